The largest absolute Gasteiger partial charge is 0.489 e. The third-order valence-electron chi connectivity index (χ3n) is 4.19. The molecule has 0 radical (unpaired) electrons. The molecule has 0 bridgehead atoms. The fourth-order valence-corrected chi connectivity index (χ4v) is 3.11. The Bertz CT molecular complexity index is 694. The van der Waals surface area contributed by atoms with E-state index in [1.165, 1.54) is 44.2 Å². The molecule has 0 aliphatic carbocycles. The standard InChI is InChI=1S/C21H26Cl2FNO/c1-2-3-4-5-6-11-25-14-17-12-18(22)8-10-21(17)26-15-16-7-9-19(24)13-20(16)23/h7-10,12-13,25H,2-6,11,14-15H2,1H3. The quantitative estimate of drug-likeness (QED) is 0.422. The normalized spacial score (nSPS) is 10.9. The SMILES string of the molecule is CCCCCCCNCc1cc(Cl)ccc1OCc1ccc(F)cc1Cl. The third-order valence-corrected chi connectivity index (χ3v) is 4.78. The van der Waals surface area contributed by atoms with Crippen LogP contribution in [0.3, 0.4) is 0 Å². The Morgan fingerprint density at radius 3 is 2.54 bits per heavy atom. The summed E-state index contributed by atoms with van der Waals surface area (Å²) in [5.41, 5.74) is 1.75. The van der Waals surface area contributed by atoms with Crippen LogP contribution in [-0.2, 0) is 13.2 Å². The van der Waals surface area contributed by atoms with Crippen LogP contribution in [0, 0.1) is 5.82 Å². The molecule has 0 atom stereocenters. The summed E-state index contributed by atoms with van der Waals surface area (Å²) >= 11 is 12.2. The van der Waals surface area contributed by atoms with Gasteiger partial charge in [0.05, 0.1) is 5.02 Å². The first-order valence-corrected chi connectivity index (χ1v) is 9.91. The average Bonchev–Trinajstić information content (AvgIpc) is 2.61. The minimum atomic E-state index is -0.353. The van der Waals surface area contributed by atoms with E-state index in [-0.39, 0.29) is 12.4 Å². The van der Waals surface area contributed by atoms with Gasteiger partial charge in [0.1, 0.15) is 18.2 Å². The summed E-state index contributed by atoms with van der Waals surface area (Å²) in [7, 11) is 0. The van der Waals surface area contributed by atoms with E-state index < -0.39 is 0 Å². The molecule has 2 rings (SSSR count). The van der Waals surface area contributed by atoms with Gasteiger partial charge in [-0.2, -0.15) is 0 Å². The fourth-order valence-electron chi connectivity index (χ4n) is 2.70. The molecule has 1 N–H and O–H groups in total. The summed E-state index contributed by atoms with van der Waals surface area (Å²) in [5, 5.41) is 4.49. The maximum Gasteiger partial charge on any atom is 0.124 e. The molecule has 142 valence electrons. The number of rotatable bonds is 11. The van der Waals surface area contributed by atoms with E-state index in [1.54, 1.807) is 12.1 Å². The van der Waals surface area contributed by atoms with E-state index in [2.05, 4.69) is 12.2 Å². The van der Waals surface area contributed by atoms with Crippen molar-refractivity contribution in [2.75, 3.05) is 6.54 Å². The van der Waals surface area contributed by atoms with Crippen molar-refractivity contribution in [1.82, 2.24) is 5.32 Å². The first-order chi connectivity index (χ1) is 12.6. The van der Waals surface area contributed by atoms with Gasteiger partial charge in [-0.3, -0.25) is 0 Å². The van der Waals surface area contributed by atoms with E-state index in [0.29, 0.717) is 16.6 Å². The molecule has 0 aromatic heterocycles. The molecule has 0 heterocycles. The number of benzene rings is 2. The van der Waals surface area contributed by atoms with Gasteiger partial charge < -0.3 is 10.1 Å². The number of unbranched alkanes of at least 4 members (excludes halogenated alkanes) is 4. The van der Waals surface area contributed by atoms with Crippen LogP contribution in [0.5, 0.6) is 5.75 Å². The first kappa shape index (κ1) is 21.0. The van der Waals surface area contributed by atoms with Crippen LogP contribution in [0.15, 0.2) is 36.4 Å². The molecule has 0 fully saturated rings. The number of nitrogens with one attached hydrogen (secondary N) is 1. The zero-order valence-corrected chi connectivity index (χ0v) is 16.7. The molecule has 0 saturated carbocycles. The van der Waals surface area contributed by atoms with Crippen LogP contribution in [-0.4, -0.2) is 6.54 Å². The van der Waals surface area contributed by atoms with Crippen molar-refractivity contribution in [2.45, 2.75) is 52.2 Å². The molecule has 2 aromatic rings. The van der Waals surface area contributed by atoms with Crippen LogP contribution in [0.25, 0.3) is 0 Å². The highest BCUT2D eigenvalue weighted by Crippen LogP contribution is 2.25. The Balaban J connectivity index is 1.88. The zero-order valence-electron chi connectivity index (χ0n) is 15.2. The van der Waals surface area contributed by atoms with Gasteiger partial charge in [0, 0.05) is 22.7 Å². The molecular weight excluding hydrogens is 372 g/mol. The van der Waals surface area contributed by atoms with Gasteiger partial charge in [-0.25, -0.2) is 4.39 Å². The highest BCUT2D eigenvalue weighted by atomic mass is 35.5. The van der Waals surface area contributed by atoms with E-state index >= 15 is 0 Å². The van der Waals surface area contributed by atoms with Crippen molar-refractivity contribution in [3.63, 3.8) is 0 Å². The second-order valence-electron chi connectivity index (χ2n) is 6.37. The highest BCUT2D eigenvalue weighted by molar-refractivity contribution is 6.31. The molecular formula is C21H26Cl2FNO. The summed E-state index contributed by atoms with van der Waals surface area (Å²) in [5.74, 6) is 0.405. The van der Waals surface area contributed by atoms with Crippen LogP contribution >= 0.6 is 23.2 Å². The Morgan fingerprint density at radius 1 is 0.962 bits per heavy atom. The van der Waals surface area contributed by atoms with Crippen molar-refractivity contribution in [1.29, 1.82) is 0 Å². The van der Waals surface area contributed by atoms with Crippen LogP contribution in [0.2, 0.25) is 10.0 Å². The predicted molar refractivity (Wildman–Crippen MR) is 108 cm³/mol. The van der Waals surface area contributed by atoms with E-state index in [0.717, 1.165) is 23.4 Å². The van der Waals surface area contributed by atoms with Gasteiger partial charge >= 0.3 is 0 Å². The molecule has 26 heavy (non-hydrogen) atoms. The van der Waals surface area contributed by atoms with Gasteiger partial charge in [0.25, 0.3) is 0 Å². The van der Waals surface area contributed by atoms with Gasteiger partial charge in [0.2, 0.25) is 0 Å². The fraction of sp³-hybridized carbons (Fsp3) is 0.429. The smallest absolute Gasteiger partial charge is 0.124 e. The Hall–Kier alpha value is -1.29. The molecule has 0 amide bonds. The Kier molecular flexibility index (Phi) is 9.24. The van der Waals surface area contributed by atoms with E-state index in [1.807, 2.05) is 12.1 Å². The van der Waals surface area contributed by atoms with Crippen molar-refractivity contribution in [3.05, 3.63) is 63.4 Å². The van der Waals surface area contributed by atoms with Crippen LogP contribution in [0.1, 0.15) is 50.2 Å². The van der Waals surface area contributed by atoms with Gasteiger partial charge in [-0.05, 0) is 43.3 Å². The molecule has 0 saturated heterocycles. The van der Waals surface area contributed by atoms with E-state index in [4.69, 9.17) is 27.9 Å². The molecule has 0 spiro atoms. The van der Waals surface area contributed by atoms with Crippen LogP contribution in [0.4, 0.5) is 4.39 Å². The molecule has 0 aliphatic heterocycles. The van der Waals surface area contributed by atoms with Crippen molar-refractivity contribution in [2.24, 2.45) is 0 Å². The Morgan fingerprint density at radius 2 is 1.77 bits per heavy atom. The van der Waals surface area contributed by atoms with Crippen molar-refractivity contribution < 1.29 is 9.13 Å². The number of hydrogen-bond acceptors (Lipinski definition) is 2. The Labute approximate surface area is 165 Å². The number of hydrogen-bond donors (Lipinski definition) is 1. The summed E-state index contributed by atoms with van der Waals surface area (Å²) in [6, 6.07) is 9.89. The van der Waals surface area contributed by atoms with E-state index in [9.17, 15) is 4.39 Å². The first-order valence-electron chi connectivity index (χ1n) is 9.16. The lowest BCUT2D eigenvalue weighted by Crippen LogP contribution is -2.15. The highest BCUT2D eigenvalue weighted by Gasteiger charge is 2.08. The molecule has 2 nitrogen and oxygen atoms in total. The lowest BCUT2D eigenvalue weighted by atomic mass is 10.1. The van der Waals surface area contributed by atoms with Crippen LogP contribution < -0.4 is 10.1 Å². The zero-order chi connectivity index (χ0) is 18.8. The minimum absolute atomic E-state index is 0.283. The van der Waals surface area contributed by atoms with Gasteiger partial charge in [-0.15, -0.1) is 0 Å². The minimum Gasteiger partial charge on any atom is -0.489 e. The summed E-state index contributed by atoms with van der Waals surface area (Å²) in [4.78, 5) is 0. The maximum atomic E-state index is 13.1. The number of ether oxygens (including phenoxy) is 1. The lowest BCUT2D eigenvalue weighted by Gasteiger charge is -2.13. The van der Waals surface area contributed by atoms with Gasteiger partial charge in [0.15, 0.2) is 0 Å². The second kappa shape index (κ2) is 11.4. The average molecular weight is 398 g/mol. The number of halogens is 3. The molecule has 5 heteroatoms. The topological polar surface area (TPSA) is 21.3 Å². The molecule has 0 aliphatic rings. The molecule has 0 unspecified atom stereocenters. The third kappa shape index (κ3) is 7.14. The monoisotopic (exact) mass is 397 g/mol. The predicted octanol–water partition coefficient (Wildman–Crippen LogP) is 6.77. The lowest BCUT2D eigenvalue weighted by molar-refractivity contribution is 0.302. The molecule has 2 aromatic carbocycles. The summed E-state index contributed by atoms with van der Waals surface area (Å²) in [6.07, 6.45) is 6.28. The second-order valence-corrected chi connectivity index (χ2v) is 7.21. The van der Waals surface area contributed by atoms with Gasteiger partial charge in [-0.1, -0.05) is 61.9 Å². The summed E-state index contributed by atoms with van der Waals surface area (Å²) < 4.78 is 19.0. The van der Waals surface area contributed by atoms with Crippen molar-refractivity contribution in [3.8, 4) is 5.75 Å². The van der Waals surface area contributed by atoms with Crippen molar-refractivity contribution >= 4 is 23.2 Å². The summed E-state index contributed by atoms with van der Waals surface area (Å²) in [6.45, 7) is 4.17. The maximum absolute atomic E-state index is 13.1.